The van der Waals surface area contributed by atoms with E-state index in [0.29, 0.717) is 54.6 Å². The number of thiazole rings is 1. The number of ether oxygens (including phenoxy) is 3. The summed E-state index contributed by atoms with van der Waals surface area (Å²) in [5.41, 5.74) is 1.43. The predicted octanol–water partition coefficient (Wildman–Crippen LogP) is 3.44. The van der Waals surface area contributed by atoms with Gasteiger partial charge in [0.1, 0.15) is 29.7 Å². The van der Waals surface area contributed by atoms with Gasteiger partial charge in [0.2, 0.25) is 0 Å². The number of hydrogen-bond donors (Lipinski definition) is 2. The van der Waals surface area contributed by atoms with Gasteiger partial charge in [-0.3, -0.25) is 14.4 Å². The number of fused-ring (bicyclic) bond motifs is 1. The van der Waals surface area contributed by atoms with Crippen LogP contribution in [-0.4, -0.2) is 106 Å². The number of amides is 1. The van der Waals surface area contributed by atoms with Crippen LogP contribution in [-0.2, 0) is 30.3 Å². The number of aromatic nitrogens is 4. The van der Waals surface area contributed by atoms with Gasteiger partial charge in [-0.05, 0) is 71.7 Å². The molecule has 0 aliphatic carbocycles. The number of methoxy groups -OCH3 is 1. The fourth-order valence-electron chi connectivity index (χ4n) is 7.30. The molecule has 4 rings (SSSR count). The molecule has 2 aromatic heterocycles. The first-order chi connectivity index (χ1) is 22.5. The molecule has 1 amide bonds. The molecule has 0 saturated carbocycles. The number of alkyl halides is 1. The number of unbranched alkanes of at least 4 members (excludes halogenated alkanes) is 1. The molecule has 2 fully saturated rings. The second-order valence-corrected chi connectivity index (χ2v) is 15.2. The lowest BCUT2D eigenvalue weighted by Crippen LogP contribution is -2.61. The van der Waals surface area contributed by atoms with Gasteiger partial charge in [-0.1, -0.05) is 37.3 Å². The lowest BCUT2D eigenvalue weighted by molar-refractivity contribution is -0.179. The van der Waals surface area contributed by atoms with Gasteiger partial charge >= 0.3 is 12.1 Å². The largest absolute Gasteiger partial charge is 0.455 e. The van der Waals surface area contributed by atoms with Crippen molar-refractivity contribution in [2.24, 2.45) is 11.8 Å². The summed E-state index contributed by atoms with van der Waals surface area (Å²) in [5.74, 6) is -3.29. The van der Waals surface area contributed by atoms with Gasteiger partial charge in [-0.25, -0.2) is 19.0 Å². The minimum atomic E-state index is -2.91. The molecule has 2 saturated heterocycles. The maximum atomic E-state index is 16.2. The third-order valence-corrected chi connectivity index (χ3v) is 11.3. The highest BCUT2D eigenvalue weighted by Gasteiger charge is 2.59. The van der Waals surface area contributed by atoms with Gasteiger partial charge in [-0.15, -0.1) is 5.10 Å². The topological polar surface area (TPSA) is 164 Å². The van der Waals surface area contributed by atoms with Crippen LogP contribution in [0, 0.1) is 11.8 Å². The third kappa shape index (κ3) is 7.54. The van der Waals surface area contributed by atoms with Crippen molar-refractivity contribution in [1.82, 2.24) is 30.2 Å². The van der Waals surface area contributed by atoms with Crippen LogP contribution >= 0.6 is 11.3 Å². The Balaban J connectivity index is 1.57. The molecule has 9 atom stereocenters. The van der Waals surface area contributed by atoms with Crippen LogP contribution in [0.3, 0.4) is 0 Å². The number of halogens is 1. The van der Waals surface area contributed by atoms with Gasteiger partial charge in [-0.2, -0.15) is 0 Å². The normalized spacial score (nSPS) is 35.4. The van der Waals surface area contributed by atoms with Crippen LogP contribution in [0.2, 0.25) is 5.82 Å². The number of aryl methyl sites for hydroxylation is 1. The van der Waals surface area contributed by atoms with E-state index in [-0.39, 0.29) is 18.4 Å². The van der Waals surface area contributed by atoms with E-state index >= 15 is 4.39 Å². The van der Waals surface area contributed by atoms with Crippen LogP contribution in [0.4, 0.5) is 14.2 Å². The van der Waals surface area contributed by atoms with Crippen molar-refractivity contribution < 1.29 is 33.0 Å². The molecule has 0 bridgehead atoms. The standard InChI is InChI=1S/C32H51BFN7O6S/c1-9-22-32(7)25(41(29(44)47-32)13-11-10-12-40-17-21(38-39-40)27-37-16-23(35)48-27)20(4)36-15-18(2)14-30(5,45-8)24(33)19(3)26(42)31(6,34)28(43)46-22/h16-20,22,24-25,36H,9-15,33,35H2,1-8H3/t18-,19-,20-,22-,24-,25-,30-,31+,32-/m1/s1. The Morgan fingerprint density at radius 2 is 1.88 bits per heavy atom. The number of carbonyl (C=O) groups is 3. The molecule has 0 radical (unpaired) electrons. The number of nitrogen functional groups attached to an aromatic ring is 1. The Bertz CT molecular complexity index is 1460. The summed E-state index contributed by atoms with van der Waals surface area (Å²) in [4.78, 5) is 46.5. The van der Waals surface area contributed by atoms with Gasteiger partial charge in [0.15, 0.2) is 11.4 Å². The summed E-state index contributed by atoms with van der Waals surface area (Å²) in [7, 11) is 3.44. The highest BCUT2D eigenvalue weighted by atomic mass is 32.1. The first-order valence-electron chi connectivity index (χ1n) is 16.8. The van der Waals surface area contributed by atoms with E-state index in [1.807, 2.05) is 27.9 Å². The third-order valence-electron chi connectivity index (χ3n) is 10.5. The lowest BCUT2D eigenvalue weighted by atomic mass is 9.62. The van der Waals surface area contributed by atoms with Gasteiger partial charge < -0.3 is 25.3 Å². The Morgan fingerprint density at radius 3 is 2.50 bits per heavy atom. The molecule has 0 aromatic carbocycles. The van der Waals surface area contributed by atoms with Gasteiger partial charge in [0, 0.05) is 32.2 Å². The Kier molecular flexibility index (Phi) is 11.6. The molecule has 2 aromatic rings. The first-order valence-corrected chi connectivity index (χ1v) is 17.6. The average Bonchev–Trinajstić information content (AvgIpc) is 3.76. The van der Waals surface area contributed by atoms with E-state index in [2.05, 4.69) is 27.5 Å². The number of anilines is 1. The number of cyclic esters (lactones) is 1. The lowest BCUT2D eigenvalue weighted by Gasteiger charge is -2.41. The van der Waals surface area contributed by atoms with Crippen LogP contribution in [0.1, 0.15) is 74.1 Å². The highest BCUT2D eigenvalue weighted by Crippen LogP contribution is 2.41. The van der Waals surface area contributed by atoms with Crippen LogP contribution in [0.5, 0.6) is 0 Å². The minimum absolute atomic E-state index is 0.0926. The molecule has 266 valence electrons. The molecule has 48 heavy (non-hydrogen) atoms. The fraction of sp³-hybridized carbons (Fsp3) is 0.750. The summed E-state index contributed by atoms with van der Waals surface area (Å²) in [6.45, 7) is 13.6. The second-order valence-electron chi connectivity index (χ2n) is 14.1. The summed E-state index contributed by atoms with van der Waals surface area (Å²) in [6.07, 6.45) is 3.97. The average molecular weight is 692 g/mol. The molecule has 13 nitrogen and oxygen atoms in total. The molecular formula is C32H51BFN7O6S. The van der Waals surface area contributed by atoms with Crippen LogP contribution < -0.4 is 11.1 Å². The van der Waals surface area contributed by atoms with Gasteiger partial charge in [0.05, 0.1) is 24.0 Å². The summed E-state index contributed by atoms with van der Waals surface area (Å²) < 4.78 is 35.7. The Morgan fingerprint density at radius 1 is 1.19 bits per heavy atom. The number of esters is 1. The monoisotopic (exact) mass is 691 g/mol. The molecular weight excluding hydrogens is 640 g/mol. The summed E-state index contributed by atoms with van der Waals surface area (Å²) in [5, 5.41) is 13.3. The summed E-state index contributed by atoms with van der Waals surface area (Å²) >= 11 is 1.34. The molecule has 0 unspecified atom stereocenters. The predicted molar refractivity (Wildman–Crippen MR) is 183 cm³/mol. The Hall–Kier alpha value is -3.11. The number of nitrogens with two attached hydrogens (primary N) is 1. The number of nitrogens with zero attached hydrogens (tertiary/aromatic N) is 5. The zero-order valence-corrected chi connectivity index (χ0v) is 30.4. The molecule has 16 heteroatoms. The van der Waals surface area contributed by atoms with E-state index < -0.39 is 58.6 Å². The maximum Gasteiger partial charge on any atom is 0.410 e. The minimum Gasteiger partial charge on any atom is -0.455 e. The van der Waals surface area contributed by atoms with Crippen molar-refractivity contribution >= 4 is 42.0 Å². The zero-order chi connectivity index (χ0) is 35.6. The van der Waals surface area contributed by atoms with Crippen molar-refractivity contribution in [3.8, 4) is 10.7 Å². The van der Waals surface area contributed by atoms with Crippen molar-refractivity contribution in [1.29, 1.82) is 0 Å². The molecule has 0 spiro atoms. The number of rotatable bonds is 8. The number of carbonyl (C=O) groups excluding carboxylic acids is 3. The highest BCUT2D eigenvalue weighted by molar-refractivity contribution is 7.18. The first kappa shape index (κ1) is 37.7. The zero-order valence-electron chi connectivity index (χ0n) is 29.6. The van der Waals surface area contributed by atoms with Crippen molar-refractivity contribution in [3.05, 3.63) is 12.4 Å². The van der Waals surface area contributed by atoms with Gasteiger partial charge in [0.25, 0.3) is 5.67 Å². The van der Waals surface area contributed by atoms with E-state index in [9.17, 15) is 14.4 Å². The molecule has 2 aliphatic heterocycles. The van der Waals surface area contributed by atoms with Crippen molar-refractivity contribution in [2.75, 3.05) is 25.9 Å². The molecule has 4 heterocycles. The number of ketones is 1. The van der Waals surface area contributed by atoms with E-state index in [4.69, 9.17) is 19.9 Å². The fourth-order valence-corrected chi connectivity index (χ4v) is 7.93. The van der Waals surface area contributed by atoms with E-state index in [0.717, 1.165) is 6.92 Å². The van der Waals surface area contributed by atoms with Crippen LogP contribution in [0.15, 0.2) is 12.4 Å². The van der Waals surface area contributed by atoms with Crippen LogP contribution in [0.25, 0.3) is 10.7 Å². The van der Waals surface area contributed by atoms with Crippen molar-refractivity contribution in [3.63, 3.8) is 0 Å². The summed E-state index contributed by atoms with van der Waals surface area (Å²) in [6, 6.07) is -0.865. The number of hydrogen-bond acceptors (Lipinski definition) is 12. The van der Waals surface area contributed by atoms with E-state index in [1.165, 1.54) is 11.3 Å². The number of nitrogens with one attached hydrogen (secondary N) is 1. The quantitative estimate of drug-likeness (QED) is 0.180. The second kappa shape index (κ2) is 14.8. The SMILES string of the molecule is B[C@@H]1[C@@H](C)C(=O)[C@](C)(F)C(=O)O[C@H](CC)[C@@]2(C)OC(=O)N(CCCCn3cc(-c4ncc(N)s4)nn3)[C@@H]2[C@@H](C)NC[C@H](C)C[C@@]1(C)OC. The molecule has 3 N–H and O–H groups in total. The van der Waals surface area contributed by atoms with E-state index in [1.54, 1.807) is 43.7 Å². The smallest absolute Gasteiger partial charge is 0.410 e. The maximum absolute atomic E-state index is 16.2. The van der Waals surface area contributed by atoms with Crippen molar-refractivity contribution in [2.45, 2.75) is 122 Å². The number of Topliss-reactive ketones (excluding diaryl/α,β-unsaturated/α-hetero) is 1. The Labute approximate surface area is 287 Å². The molecule has 2 aliphatic rings.